The summed E-state index contributed by atoms with van der Waals surface area (Å²) in [5.41, 5.74) is 2.20. The topological polar surface area (TPSA) is 32.3 Å². The van der Waals surface area contributed by atoms with Gasteiger partial charge in [0.25, 0.3) is 0 Å². The molecule has 0 aliphatic heterocycles. The van der Waals surface area contributed by atoms with Gasteiger partial charge < -0.3 is 10.4 Å². The van der Waals surface area contributed by atoms with E-state index in [-0.39, 0.29) is 12.6 Å². The van der Waals surface area contributed by atoms with Gasteiger partial charge in [0.1, 0.15) is 0 Å². The molecule has 2 nitrogen and oxygen atoms in total. The molecule has 0 aliphatic carbocycles. The zero-order valence-electron chi connectivity index (χ0n) is 10.3. The summed E-state index contributed by atoms with van der Waals surface area (Å²) in [6.45, 7) is 0.745. The van der Waals surface area contributed by atoms with Gasteiger partial charge in [-0.3, -0.25) is 0 Å². The summed E-state index contributed by atoms with van der Waals surface area (Å²) in [5.74, 6) is 0. The van der Waals surface area contributed by atoms with Crippen LogP contribution in [0.4, 0.5) is 0 Å². The molecular weight excluding hydrogens is 326 g/mol. The van der Waals surface area contributed by atoms with Crippen molar-refractivity contribution in [1.29, 1.82) is 0 Å². The van der Waals surface area contributed by atoms with Crippen LogP contribution in [0.15, 0.2) is 53.0 Å². The molecule has 0 amide bonds. The lowest BCUT2D eigenvalue weighted by Gasteiger charge is -2.17. The predicted octanol–water partition coefficient (Wildman–Crippen LogP) is 3.93. The Morgan fingerprint density at radius 3 is 2.53 bits per heavy atom. The molecule has 2 aromatic carbocycles. The Labute approximate surface area is 126 Å². The summed E-state index contributed by atoms with van der Waals surface area (Å²) in [5, 5.41) is 13.5. The van der Waals surface area contributed by atoms with Crippen molar-refractivity contribution < 1.29 is 5.11 Å². The second kappa shape index (κ2) is 7.06. The minimum Gasteiger partial charge on any atom is -0.394 e. The highest BCUT2D eigenvalue weighted by Gasteiger charge is 2.09. The van der Waals surface area contributed by atoms with Crippen molar-refractivity contribution in [3.8, 4) is 0 Å². The molecule has 0 saturated heterocycles. The number of hydrogen-bond acceptors (Lipinski definition) is 2. The third-order valence-electron chi connectivity index (χ3n) is 2.92. The first-order valence-electron chi connectivity index (χ1n) is 6.04. The van der Waals surface area contributed by atoms with Crippen LogP contribution >= 0.6 is 27.5 Å². The summed E-state index contributed by atoms with van der Waals surface area (Å²) in [6, 6.07) is 15.7. The molecule has 0 spiro atoms. The molecule has 0 saturated carbocycles. The zero-order chi connectivity index (χ0) is 13.7. The van der Waals surface area contributed by atoms with Crippen molar-refractivity contribution >= 4 is 27.5 Å². The van der Waals surface area contributed by atoms with Gasteiger partial charge in [0.15, 0.2) is 0 Å². The third-order valence-corrected chi connectivity index (χ3v) is 4.14. The molecule has 2 N–H and O–H groups in total. The summed E-state index contributed by atoms with van der Waals surface area (Å²) in [4.78, 5) is 0. The van der Waals surface area contributed by atoms with Crippen LogP contribution in [0.2, 0.25) is 5.02 Å². The second-order valence-corrected chi connectivity index (χ2v) is 5.54. The molecule has 100 valence electrons. The Morgan fingerprint density at radius 2 is 1.89 bits per heavy atom. The molecule has 2 rings (SSSR count). The van der Waals surface area contributed by atoms with Crippen LogP contribution in [-0.2, 0) is 6.54 Å². The van der Waals surface area contributed by atoms with E-state index in [2.05, 4.69) is 21.2 Å². The van der Waals surface area contributed by atoms with Crippen molar-refractivity contribution in [3.05, 3.63) is 69.2 Å². The van der Waals surface area contributed by atoms with Crippen LogP contribution < -0.4 is 5.32 Å². The Hall–Kier alpha value is -0.870. The van der Waals surface area contributed by atoms with Crippen molar-refractivity contribution in [2.24, 2.45) is 0 Å². The van der Waals surface area contributed by atoms with E-state index in [0.29, 0.717) is 11.6 Å². The van der Waals surface area contributed by atoms with Gasteiger partial charge in [-0.25, -0.2) is 0 Å². The molecule has 0 unspecified atom stereocenters. The van der Waals surface area contributed by atoms with Crippen molar-refractivity contribution in [1.82, 2.24) is 5.32 Å². The molecule has 0 bridgehead atoms. The first-order chi connectivity index (χ1) is 9.20. The third kappa shape index (κ3) is 4.05. The normalized spacial score (nSPS) is 12.4. The smallest absolute Gasteiger partial charge is 0.0626 e. The Morgan fingerprint density at radius 1 is 1.16 bits per heavy atom. The molecule has 4 heteroatoms. The highest BCUT2D eigenvalue weighted by molar-refractivity contribution is 9.10. The standard InChI is InChI=1S/C15H15BrClNO/c16-13-8-11(6-7-14(13)17)9-18-15(10-19)12-4-2-1-3-5-12/h1-8,15,18-19H,9-10H2/t15-/m0/s1. The lowest BCUT2D eigenvalue weighted by Crippen LogP contribution is -2.23. The quantitative estimate of drug-likeness (QED) is 0.864. The van der Waals surface area contributed by atoms with Crippen molar-refractivity contribution in [2.45, 2.75) is 12.6 Å². The van der Waals surface area contributed by atoms with Crippen molar-refractivity contribution in [2.75, 3.05) is 6.61 Å². The summed E-state index contributed by atoms with van der Waals surface area (Å²) < 4.78 is 0.883. The van der Waals surface area contributed by atoms with Crippen LogP contribution in [0.1, 0.15) is 17.2 Å². The summed E-state index contributed by atoms with van der Waals surface area (Å²) in [7, 11) is 0. The molecule has 0 fully saturated rings. The van der Waals surface area contributed by atoms with Gasteiger partial charge in [0, 0.05) is 11.0 Å². The number of rotatable bonds is 5. The van der Waals surface area contributed by atoms with E-state index in [4.69, 9.17) is 11.6 Å². The van der Waals surface area contributed by atoms with E-state index < -0.39 is 0 Å². The van der Waals surface area contributed by atoms with Crippen LogP contribution in [0.25, 0.3) is 0 Å². The lowest BCUT2D eigenvalue weighted by atomic mass is 10.1. The summed E-state index contributed by atoms with van der Waals surface area (Å²) >= 11 is 9.37. The highest BCUT2D eigenvalue weighted by Crippen LogP contribution is 2.23. The van der Waals surface area contributed by atoms with Gasteiger partial charge in [0.05, 0.1) is 17.7 Å². The monoisotopic (exact) mass is 339 g/mol. The van der Waals surface area contributed by atoms with Gasteiger partial charge in [0.2, 0.25) is 0 Å². The fourth-order valence-corrected chi connectivity index (χ4v) is 2.41. The van der Waals surface area contributed by atoms with E-state index in [0.717, 1.165) is 15.6 Å². The molecule has 2 aromatic rings. The number of nitrogens with one attached hydrogen (secondary N) is 1. The minimum atomic E-state index is -0.0596. The zero-order valence-corrected chi connectivity index (χ0v) is 12.7. The van der Waals surface area contributed by atoms with Gasteiger partial charge in [-0.2, -0.15) is 0 Å². The van der Waals surface area contributed by atoms with Gasteiger partial charge in [-0.05, 0) is 39.2 Å². The predicted molar refractivity (Wildman–Crippen MR) is 82.3 cm³/mol. The minimum absolute atomic E-state index is 0.0596. The Balaban J connectivity index is 2.02. The Kier molecular flexibility index (Phi) is 5.40. The maximum atomic E-state index is 9.46. The maximum Gasteiger partial charge on any atom is 0.0626 e. The van der Waals surface area contributed by atoms with Crippen LogP contribution in [0, 0.1) is 0 Å². The van der Waals surface area contributed by atoms with Gasteiger partial charge >= 0.3 is 0 Å². The molecule has 0 radical (unpaired) electrons. The second-order valence-electron chi connectivity index (χ2n) is 4.28. The maximum absolute atomic E-state index is 9.46. The number of benzene rings is 2. The van der Waals surface area contributed by atoms with Gasteiger partial charge in [-0.1, -0.05) is 48.0 Å². The first kappa shape index (κ1) is 14.5. The van der Waals surface area contributed by atoms with E-state index in [1.165, 1.54) is 0 Å². The van der Waals surface area contributed by atoms with Crippen LogP contribution in [-0.4, -0.2) is 11.7 Å². The first-order valence-corrected chi connectivity index (χ1v) is 7.21. The highest BCUT2D eigenvalue weighted by atomic mass is 79.9. The molecule has 0 aromatic heterocycles. The lowest BCUT2D eigenvalue weighted by molar-refractivity contribution is 0.243. The van der Waals surface area contributed by atoms with Gasteiger partial charge in [-0.15, -0.1) is 0 Å². The number of hydrogen-bond donors (Lipinski definition) is 2. The average Bonchev–Trinajstić information content (AvgIpc) is 2.44. The molecule has 1 atom stereocenters. The summed E-state index contributed by atoms with van der Waals surface area (Å²) in [6.07, 6.45) is 0. The van der Waals surface area contributed by atoms with E-state index >= 15 is 0 Å². The van der Waals surface area contributed by atoms with Crippen molar-refractivity contribution in [3.63, 3.8) is 0 Å². The molecule has 19 heavy (non-hydrogen) atoms. The average molecular weight is 341 g/mol. The van der Waals surface area contributed by atoms with E-state index in [9.17, 15) is 5.11 Å². The largest absolute Gasteiger partial charge is 0.394 e. The van der Waals surface area contributed by atoms with Crippen LogP contribution in [0.3, 0.4) is 0 Å². The number of aliphatic hydroxyl groups excluding tert-OH is 1. The molecular formula is C15H15BrClNO. The van der Waals surface area contributed by atoms with E-state index in [1.807, 2.05) is 48.5 Å². The fourth-order valence-electron chi connectivity index (χ4n) is 1.86. The number of halogens is 2. The van der Waals surface area contributed by atoms with E-state index in [1.54, 1.807) is 0 Å². The SMILES string of the molecule is OC[C@H](NCc1ccc(Cl)c(Br)c1)c1ccccc1. The number of aliphatic hydroxyl groups is 1. The van der Waals surface area contributed by atoms with Crippen LogP contribution in [0.5, 0.6) is 0 Å². The Bertz CT molecular complexity index is 533. The molecule has 0 heterocycles. The fraction of sp³-hybridized carbons (Fsp3) is 0.200. The molecule has 0 aliphatic rings.